The number of methoxy groups -OCH3 is 1. The van der Waals surface area contributed by atoms with Gasteiger partial charge < -0.3 is 23.4 Å². The summed E-state index contributed by atoms with van der Waals surface area (Å²) in [5.41, 5.74) is 0. The Morgan fingerprint density at radius 3 is 2.79 bits per heavy atom. The highest BCUT2D eigenvalue weighted by molar-refractivity contribution is 6.70. The number of aromatic nitrogens is 2. The zero-order valence-corrected chi connectivity index (χ0v) is 15.6. The fourth-order valence-corrected chi connectivity index (χ4v) is 3.00. The number of carbonyl (C=O) groups is 1. The Morgan fingerprint density at radius 2 is 2.17 bits per heavy atom. The zero-order chi connectivity index (χ0) is 17.7. The quantitative estimate of drug-likeness (QED) is 0.539. The summed E-state index contributed by atoms with van der Waals surface area (Å²) in [5.74, 6) is 0.100. The molecule has 0 amide bonds. The Morgan fingerprint density at radius 1 is 1.42 bits per heavy atom. The third kappa shape index (κ3) is 5.73. The van der Waals surface area contributed by atoms with Crippen molar-refractivity contribution in [2.75, 3.05) is 13.7 Å². The lowest BCUT2D eigenvalue weighted by atomic mass is 10.2. The molecule has 2 rings (SSSR count). The van der Waals surface area contributed by atoms with Gasteiger partial charge in [-0.25, -0.2) is 4.98 Å². The van der Waals surface area contributed by atoms with E-state index in [4.69, 9.17) is 23.4 Å². The van der Waals surface area contributed by atoms with Gasteiger partial charge in [-0.3, -0.25) is 4.79 Å². The summed E-state index contributed by atoms with van der Waals surface area (Å²) in [6.45, 7) is 7.74. The van der Waals surface area contributed by atoms with Crippen molar-refractivity contribution in [3.8, 4) is 11.9 Å². The van der Waals surface area contributed by atoms with Crippen molar-refractivity contribution in [1.82, 2.24) is 9.97 Å². The van der Waals surface area contributed by atoms with Crippen molar-refractivity contribution in [3.63, 3.8) is 0 Å². The molecule has 1 aliphatic heterocycles. The molecule has 0 saturated carbocycles. The summed E-state index contributed by atoms with van der Waals surface area (Å²) < 4.78 is 27.5. The van der Waals surface area contributed by atoms with Crippen molar-refractivity contribution in [3.05, 3.63) is 12.3 Å². The van der Waals surface area contributed by atoms with Gasteiger partial charge in [0.05, 0.1) is 6.10 Å². The van der Waals surface area contributed by atoms with E-state index in [-0.39, 0.29) is 24.8 Å². The number of rotatable bonds is 7. The monoisotopic (exact) mass is 356 g/mol. The van der Waals surface area contributed by atoms with Crippen LogP contribution in [0.2, 0.25) is 19.6 Å². The van der Waals surface area contributed by atoms with Gasteiger partial charge in [0.15, 0.2) is 0 Å². The largest absolute Gasteiger partial charge is 0.531 e. The molecule has 1 aromatic rings. The molecule has 0 aromatic carbocycles. The third-order valence-electron chi connectivity index (χ3n) is 3.16. The average Bonchev–Trinajstić information content (AvgIpc) is 2.85. The number of esters is 1. The van der Waals surface area contributed by atoms with Crippen molar-refractivity contribution >= 4 is 14.3 Å². The van der Waals surface area contributed by atoms with Crippen molar-refractivity contribution in [2.45, 2.75) is 51.5 Å². The molecule has 1 fully saturated rings. The van der Waals surface area contributed by atoms with Crippen molar-refractivity contribution in [1.29, 1.82) is 0 Å². The Labute approximate surface area is 142 Å². The maximum Gasteiger partial charge on any atom is 0.319 e. The van der Waals surface area contributed by atoms with E-state index in [1.165, 1.54) is 6.92 Å². The van der Waals surface area contributed by atoms with Gasteiger partial charge in [0.2, 0.25) is 20.5 Å². The van der Waals surface area contributed by atoms with E-state index in [9.17, 15) is 4.79 Å². The first-order valence-corrected chi connectivity index (χ1v) is 11.2. The van der Waals surface area contributed by atoms with Crippen LogP contribution in [-0.4, -0.2) is 56.5 Å². The summed E-state index contributed by atoms with van der Waals surface area (Å²) in [4.78, 5) is 19.3. The van der Waals surface area contributed by atoms with Crippen LogP contribution in [0.5, 0.6) is 11.9 Å². The number of carbonyl (C=O) groups excluding carboxylic acids is 1. The molecule has 9 heteroatoms. The standard InChI is InChI=1S/C15H24N2O6Si/c1-10(18)21-14-8-11(19-2)12(22-14)9-20-15-16-7-6-13(17-15)23-24(3,4)5/h6-7,11-12,14H,8-9H2,1-5H3/t11-,12+,14?/m0/s1. The molecule has 1 saturated heterocycles. The van der Waals surface area contributed by atoms with Crippen LogP contribution in [0, 0.1) is 0 Å². The average molecular weight is 356 g/mol. The maximum absolute atomic E-state index is 11.0. The van der Waals surface area contributed by atoms with Crippen LogP contribution in [0.4, 0.5) is 0 Å². The van der Waals surface area contributed by atoms with Crippen LogP contribution in [0.1, 0.15) is 13.3 Å². The second-order valence-corrected chi connectivity index (χ2v) is 10.9. The van der Waals surface area contributed by atoms with Gasteiger partial charge in [-0.05, 0) is 19.6 Å². The van der Waals surface area contributed by atoms with Crippen molar-refractivity contribution < 1.29 is 28.2 Å². The van der Waals surface area contributed by atoms with Crippen LogP contribution in [-0.2, 0) is 19.0 Å². The smallest absolute Gasteiger partial charge is 0.319 e. The first kappa shape index (κ1) is 18.6. The van der Waals surface area contributed by atoms with Crippen LogP contribution in [0.3, 0.4) is 0 Å². The fraction of sp³-hybridized carbons (Fsp3) is 0.667. The van der Waals surface area contributed by atoms with Gasteiger partial charge in [0.25, 0.3) is 0 Å². The minimum Gasteiger partial charge on any atom is -0.531 e. The lowest BCUT2D eigenvalue weighted by molar-refractivity contribution is -0.174. The molecule has 0 spiro atoms. The second kappa shape index (κ2) is 7.91. The molecular formula is C15H24N2O6Si. The van der Waals surface area contributed by atoms with E-state index in [0.29, 0.717) is 12.3 Å². The SMILES string of the molecule is CO[C@H]1CC(OC(C)=O)O[C@@H]1COc1nccc(O[Si](C)(C)C)n1. The predicted molar refractivity (Wildman–Crippen MR) is 87.3 cm³/mol. The molecule has 24 heavy (non-hydrogen) atoms. The van der Waals surface area contributed by atoms with Gasteiger partial charge in [-0.2, -0.15) is 4.98 Å². The number of hydrogen-bond donors (Lipinski definition) is 0. The van der Waals surface area contributed by atoms with Gasteiger partial charge in [0, 0.05) is 32.7 Å². The number of nitrogens with zero attached hydrogens (tertiary/aromatic N) is 2. The van der Waals surface area contributed by atoms with E-state index in [0.717, 1.165) is 0 Å². The Balaban J connectivity index is 1.92. The molecule has 0 radical (unpaired) electrons. The molecule has 1 aliphatic rings. The van der Waals surface area contributed by atoms with Crippen LogP contribution in [0.15, 0.2) is 12.3 Å². The van der Waals surface area contributed by atoms with Gasteiger partial charge in [-0.15, -0.1) is 0 Å². The molecule has 0 bridgehead atoms. The molecule has 2 heterocycles. The first-order valence-electron chi connectivity index (χ1n) is 7.77. The summed E-state index contributed by atoms with van der Waals surface area (Å²) in [7, 11) is -0.171. The zero-order valence-electron chi connectivity index (χ0n) is 14.6. The summed E-state index contributed by atoms with van der Waals surface area (Å²) in [6.07, 6.45) is 0.829. The fourth-order valence-electron chi connectivity index (χ4n) is 2.26. The molecular weight excluding hydrogens is 332 g/mol. The van der Waals surface area contributed by atoms with Crippen LogP contribution in [0.25, 0.3) is 0 Å². The van der Waals surface area contributed by atoms with E-state index < -0.39 is 20.6 Å². The van der Waals surface area contributed by atoms with E-state index in [2.05, 4.69) is 29.6 Å². The van der Waals surface area contributed by atoms with E-state index in [1.54, 1.807) is 19.4 Å². The first-order chi connectivity index (χ1) is 11.3. The van der Waals surface area contributed by atoms with Gasteiger partial charge in [0.1, 0.15) is 12.7 Å². The maximum atomic E-state index is 11.0. The summed E-state index contributed by atoms with van der Waals surface area (Å²) in [6, 6.07) is 1.91. The lowest BCUT2D eigenvalue weighted by Gasteiger charge is -2.19. The third-order valence-corrected chi connectivity index (χ3v) is 3.98. The normalized spacial score (nSPS) is 23.8. The Hall–Kier alpha value is -1.71. The summed E-state index contributed by atoms with van der Waals surface area (Å²) in [5, 5.41) is 0. The molecule has 1 unspecified atom stereocenters. The molecule has 8 nitrogen and oxygen atoms in total. The minimum atomic E-state index is -1.75. The predicted octanol–water partition coefficient (Wildman–Crippen LogP) is 1.76. The Bertz CT molecular complexity index is 565. The van der Waals surface area contributed by atoms with Crippen LogP contribution >= 0.6 is 0 Å². The van der Waals surface area contributed by atoms with Crippen molar-refractivity contribution in [2.24, 2.45) is 0 Å². The number of hydrogen-bond acceptors (Lipinski definition) is 8. The highest BCUT2D eigenvalue weighted by Crippen LogP contribution is 2.24. The number of ether oxygens (including phenoxy) is 4. The van der Waals surface area contributed by atoms with E-state index >= 15 is 0 Å². The minimum absolute atomic E-state index is 0.187. The van der Waals surface area contributed by atoms with Gasteiger partial charge >= 0.3 is 12.0 Å². The van der Waals surface area contributed by atoms with Crippen LogP contribution < -0.4 is 9.16 Å². The van der Waals surface area contributed by atoms with Gasteiger partial charge in [-0.1, -0.05) is 0 Å². The lowest BCUT2D eigenvalue weighted by Crippen LogP contribution is -2.31. The summed E-state index contributed by atoms with van der Waals surface area (Å²) >= 11 is 0. The molecule has 1 aromatic heterocycles. The molecule has 0 N–H and O–H groups in total. The second-order valence-electron chi connectivity index (χ2n) is 6.43. The molecule has 134 valence electrons. The topological polar surface area (TPSA) is 89.0 Å². The highest BCUT2D eigenvalue weighted by Gasteiger charge is 2.37. The molecule has 3 atom stereocenters. The highest BCUT2D eigenvalue weighted by atomic mass is 28.4. The van der Waals surface area contributed by atoms with E-state index in [1.807, 2.05) is 0 Å². The Kier molecular flexibility index (Phi) is 6.14. The molecule has 0 aliphatic carbocycles.